The van der Waals surface area contributed by atoms with Crippen molar-refractivity contribution in [3.8, 4) is 0 Å². The lowest BCUT2D eigenvalue weighted by Crippen LogP contribution is -2.46. The van der Waals surface area contributed by atoms with Gasteiger partial charge in [-0.2, -0.15) is 0 Å². The van der Waals surface area contributed by atoms with Crippen molar-refractivity contribution in [3.63, 3.8) is 0 Å². The Morgan fingerprint density at radius 2 is 2.12 bits per heavy atom. The fourth-order valence-electron chi connectivity index (χ4n) is 2.78. The minimum absolute atomic E-state index is 0.00400. The van der Waals surface area contributed by atoms with Gasteiger partial charge in [-0.1, -0.05) is 11.6 Å². The minimum atomic E-state index is -0.530. The van der Waals surface area contributed by atoms with Gasteiger partial charge >= 0.3 is 0 Å². The van der Waals surface area contributed by atoms with Gasteiger partial charge in [-0.3, -0.25) is 14.4 Å². The van der Waals surface area contributed by atoms with E-state index in [0.29, 0.717) is 37.0 Å². The first kappa shape index (κ1) is 19.0. The van der Waals surface area contributed by atoms with Crippen molar-refractivity contribution in [2.45, 2.75) is 16.6 Å². The van der Waals surface area contributed by atoms with Crippen molar-refractivity contribution in [1.29, 1.82) is 0 Å². The molecule has 2 heterocycles. The summed E-state index contributed by atoms with van der Waals surface area (Å²) in [6.45, 7) is 2.13. The highest BCUT2D eigenvalue weighted by molar-refractivity contribution is 8.01. The van der Waals surface area contributed by atoms with E-state index < -0.39 is 5.25 Å². The van der Waals surface area contributed by atoms with Crippen LogP contribution in [0, 0.1) is 0 Å². The molecule has 2 aliphatic rings. The molecule has 1 atom stereocenters. The molecule has 3 rings (SSSR count). The molecule has 0 aromatic heterocycles. The minimum Gasteiger partial charge on any atom is -0.378 e. The number of thioether (sulfide) groups is 1. The van der Waals surface area contributed by atoms with Gasteiger partial charge in [0.25, 0.3) is 0 Å². The largest absolute Gasteiger partial charge is 0.378 e. The Hall–Kier alpha value is -1.77. The fourth-order valence-corrected chi connectivity index (χ4v) is 4.03. The van der Waals surface area contributed by atoms with E-state index >= 15 is 0 Å². The van der Waals surface area contributed by atoms with Crippen LogP contribution >= 0.6 is 23.4 Å². The van der Waals surface area contributed by atoms with Gasteiger partial charge in [0.05, 0.1) is 30.7 Å². The number of amides is 3. The van der Waals surface area contributed by atoms with Gasteiger partial charge in [0.2, 0.25) is 17.7 Å². The number of benzene rings is 1. The Morgan fingerprint density at radius 3 is 2.85 bits per heavy atom. The molecule has 26 heavy (non-hydrogen) atoms. The molecule has 140 valence electrons. The number of nitrogens with zero attached hydrogens (tertiary/aromatic N) is 2. The third-order valence-corrected chi connectivity index (χ3v) is 5.79. The van der Waals surface area contributed by atoms with Crippen LogP contribution in [0.3, 0.4) is 0 Å². The average molecular weight is 398 g/mol. The van der Waals surface area contributed by atoms with Crippen LogP contribution in [0.2, 0.25) is 5.02 Å². The van der Waals surface area contributed by atoms with E-state index in [-0.39, 0.29) is 30.7 Å². The topological polar surface area (TPSA) is 79.0 Å². The van der Waals surface area contributed by atoms with Crippen LogP contribution in [0.5, 0.6) is 0 Å². The van der Waals surface area contributed by atoms with Crippen LogP contribution in [0.15, 0.2) is 23.1 Å². The second kappa shape index (κ2) is 8.28. The second-order valence-electron chi connectivity index (χ2n) is 6.18. The zero-order valence-corrected chi connectivity index (χ0v) is 15.9. The quantitative estimate of drug-likeness (QED) is 0.832. The summed E-state index contributed by atoms with van der Waals surface area (Å²) in [6, 6.07) is 5.26. The summed E-state index contributed by atoms with van der Waals surface area (Å²) in [5, 5.41) is 2.80. The first-order chi connectivity index (χ1) is 12.4. The van der Waals surface area contributed by atoms with E-state index in [4.69, 9.17) is 16.3 Å². The highest BCUT2D eigenvalue weighted by Crippen LogP contribution is 2.38. The molecule has 1 aromatic carbocycles. The lowest BCUT2D eigenvalue weighted by Gasteiger charge is -2.29. The smallest absolute Gasteiger partial charge is 0.242 e. The van der Waals surface area contributed by atoms with E-state index in [9.17, 15) is 14.4 Å². The molecular formula is C17H20ClN3O4S. The molecule has 2 aliphatic heterocycles. The van der Waals surface area contributed by atoms with Crippen molar-refractivity contribution in [3.05, 3.63) is 23.2 Å². The molecule has 9 heteroatoms. The number of carbonyl (C=O) groups is 3. The molecule has 7 nitrogen and oxygen atoms in total. The van der Waals surface area contributed by atoms with Gasteiger partial charge in [-0.15, -0.1) is 11.8 Å². The standard InChI is InChI=1S/C17H20ClN3O4S/c1-20(10-16(23)21-4-6-25-7-5-21)15(22)9-14-17(24)19-12-8-11(18)2-3-13(12)26-14/h2-3,8,14H,4-7,9-10H2,1H3,(H,19,24). The fraction of sp³-hybridized carbons (Fsp3) is 0.471. The number of fused-ring (bicyclic) bond motifs is 1. The lowest BCUT2D eigenvalue weighted by molar-refractivity contribution is -0.142. The SMILES string of the molecule is CN(CC(=O)N1CCOCC1)C(=O)CC1Sc2ccc(Cl)cc2NC1=O. The van der Waals surface area contributed by atoms with Crippen molar-refractivity contribution in [1.82, 2.24) is 9.80 Å². The molecule has 0 radical (unpaired) electrons. The van der Waals surface area contributed by atoms with Crippen LogP contribution in [-0.4, -0.2) is 72.7 Å². The Kier molecular flexibility index (Phi) is 6.05. The number of nitrogens with one attached hydrogen (secondary N) is 1. The van der Waals surface area contributed by atoms with Gasteiger partial charge in [-0.25, -0.2) is 0 Å². The third-order valence-electron chi connectivity index (χ3n) is 4.28. The number of hydrogen-bond acceptors (Lipinski definition) is 5. The monoisotopic (exact) mass is 397 g/mol. The number of likely N-dealkylation sites (N-methyl/N-ethyl adjacent to an activating group) is 1. The van der Waals surface area contributed by atoms with E-state index in [1.807, 2.05) is 6.07 Å². The number of ether oxygens (including phenoxy) is 1. The maximum Gasteiger partial charge on any atom is 0.242 e. The molecular weight excluding hydrogens is 378 g/mol. The lowest BCUT2D eigenvalue weighted by atomic mass is 10.2. The predicted octanol–water partition coefficient (Wildman–Crippen LogP) is 1.46. The van der Waals surface area contributed by atoms with E-state index in [2.05, 4.69) is 5.32 Å². The maximum absolute atomic E-state index is 12.5. The van der Waals surface area contributed by atoms with Crippen molar-refractivity contribution < 1.29 is 19.1 Å². The molecule has 0 spiro atoms. The number of morpholine rings is 1. The Bertz CT molecular complexity index is 724. The maximum atomic E-state index is 12.5. The summed E-state index contributed by atoms with van der Waals surface area (Å²) in [6.07, 6.45) is 0.0332. The molecule has 1 unspecified atom stereocenters. The van der Waals surface area contributed by atoms with Crippen molar-refractivity contribution >= 4 is 46.8 Å². The Morgan fingerprint density at radius 1 is 1.38 bits per heavy atom. The average Bonchev–Trinajstić information content (AvgIpc) is 2.63. The number of hydrogen-bond donors (Lipinski definition) is 1. The molecule has 1 fully saturated rings. The zero-order valence-electron chi connectivity index (χ0n) is 14.4. The summed E-state index contributed by atoms with van der Waals surface area (Å²) in [5.74, 6) is -0.576. The number of halogens is 1. The second-order valence-corrected chi connectivity index (χ2v) is 7.86. The van der Waals surface area contributed by atoms with Gasteiger partial charge in [0, 0.05) is 36.5 Å². The van der Waals surface area contributed by atoms with E-state index in [1.165, 1.54) is 16.7 Å². The zero-order chi connectivity index (χ0) is 18.7. The highest BCUT2D eigenvalue weighted by Gasteiger charge is 2.30. The first-order valence-corrected chi connectivity index (χ1v) is 9.56. The number of carbonyl (C=O) groups excluding carboxylic acids is 3. The molecule has 1 saturated heterocycles. The van der Waals surface area contributed by atoms with Gasteiger partial charge in [0.15, 0.2) is 0 Å². The molecule has 0 aliphatic carbocycles. The predicted molar refractivity (Wildman–Crippen MR) is 99.4 cm³/mol. The molecule has 3 amide bonds. The third kappa shape index (κ3) is 4.49. The van der Waals surface area contributed by atoms with E-state index in [1.54, 1.807) is 24.1 Å². The molecule has 1 aromatic rings. The van der Waals surface area contributed by atoms with Gasteiger partial charge < -0.3 is 19.9 Å². The number of rotatable bonds is 4. The molecule has 0 saturated carbocycles. The van der Waals surface area contributed by atoms with Crippen LogP contribution in [0.25, 0.3) is 0 Å². The summed E-state index contributed by atoms with van der Waals surface area (Å²) < 4.78 is 5.22. The Labute approximate surface area is 161 Å². The summed E-state index contributed by atoms with van der Waals surface area (Å²) in [5.41, 5.74) is 0.659. The molecule has 0 bridgehead atoms. The number of anilines is 1. The van der Waals surface area contributed by atoms with Crippen LogP contribution in [0.4, 0.5) is 5.69 Å². The summed E-state index contributed by atoms with van der Waals surface area (Å²) >= 11 is 7.27. The van der Waals surface area contributed by atoms with Gasteiger partial charge in [0.1, 0.15) is 0 Å². The van der Waals surface area contributed by atoms with Crippen LogP contribution < -0.4 is 5.32 Å². The molecule has 1 N–H and O–H groups in total. The van der Waals surface area contributed by atoms with Crippen LogP contribution in [-0.2, 0) is 19.1 Å². The summed E-state index contributed by atoms with van der Waals surface area (Å²) in [7, 11) is 1.58. The van der Waals surface area contributed by atoms with Gasteiger partial charge in [-0.05, 0) is 18.2 Å². The van der Waals surface area contributed by atoms with Crippen molar-refractivity contribution in [2.75, 3.05) is 45.2 Å². The Balaban J connectivity index is 1.56. The highest BCUT2D eigenvalue weighted by atomic mass is 35.5. The van der Waals surface area contributed by atoms with E-state index in [0.717, 1.165) is 4.90 Å². The van der Waals surface area contributed by atoms with Crippen molar-refractivity contribution in [2.24, 2.45) is 0 Å². The van der Waals surface area contributed by atoms with Crippen LogP contribution in [0.1, 0.15) is 6.42 Å². The first-order valence-electron chi connectivity index (χ1n) is 8.30. The normalized spacial score (nSPS) is 19.5. The summed E-state index contributed by atoms with van der Waals surface area (Å²) in [4.78, 5) is 40.9.